The van der Waals surface area contributed by atoms with Crippen LogP contribution in [-0.4, -0.2) is 60.9 Å². The summed E-state index contributed by atoms with van der Waals surface area (Å²) in [6.45, 7) is 2.74. The second-order valence-corrected chi connectivity index (χ2v) is 12.0. The van der Waals surface area contributed by atoms with Crippen LogP contribution in [0, 0.1) is 17.2 Å². The third-order valence-corrected chi connectivity index (χ3v) is 8.99. The maximum absolute atomic E-state index is 13.3. The Hall–Kier alpha value is -3.90. The minimum atomic E-state index is -0.316. The van der Waals surface area contributed by atoms with E-state index in [4.69, 9.17) is 11.0 Å². The minimum absolute atomic E-state index is 0.0898. The third kappa shape index (κ3) is 7.29. The molecule has 9 nitrogen and oxygen atoms in total. The maximum atomic E-state index is 13.3. The predicted octanol–water partition coefficient (Wildman–Crippen LogP) is 4.43. The highest BCUT2D eigenvalue weighted by Crippen LogP contribution is 2.31. The van der Waals surface area contributed by atoms with Crippen molar-refractivity contribution in [3.63, 3.8) is 0 Å². The highest BCUT2D eigenvalue weighted by Gasteiger charge is 2.28. The SMILES string of the molecule is N#Cc1ccc(C(=O)Nc2cc(C(=O)NC3CCC(N)CC3)ccc2N2CCCN(C(=O)C3CCCCC3)CC2)cc1. The van der Waals surface area contributed by atoms with Crippen molar-refractivity contribution >= 4 is 29.1 Å². The number of nitrogens with zero attached hydrogens (tertiary/aromatic N) is 3. The Labute approximate surface area is 248 Å². The summed E-state index contributed by atoms with van der Waals surface area (Å²) in [7, 11) is 0. The Morgan fingerprint density at radius 2 is 1.50 bits per heavy atom. The zero-order valence-corrected chi connectivity index (χ0v) is 24.3. The Kier molecular flexibility index (Phi) is 9.75. The summed E-state index contributed by atoms with van der Waals surface area (Å²) in [6.07, 6.45) is 9.79. The fourth-order valence-corrected chi connectivity index (χ4v) is 6.46. The van der Waals surface area contributed by atoms with Crippen molar-refractivity contribution in [1.82, 2.24) is 10.2 Å². The topological polar surface area (TPSA) is 132 Å². The van der Waals surface area contributed by atoms with Crippen LogP contribution in [0.4, 0.5) is 11.4 Å². The quantitative estimate of drug-likeness (QED) is 0.471. The van der Waals surface area contributed by atoms with Crippen molar-refractivity contribution in [2.24, 2.45) is 11.7 Å². The van der Waals surface area contributed by atoms with Crippen molar-refractivity contribution in [3.05, 3.63) is 59.2 Å². The number of hydrogen-bond acceptors (Lipinski definition) is 6. The van der Waals surface area contributed by atoms with Crippen molar-refractivity contribution in [2.45, 2.75) is 76.3 Å². The minimum Gasteiger partial charge on any atom is -0.368 e. The van der Waals surface area contributed by atoms with Gasteiger partial charge in [-0.05, 0) is 87.4 Å². The highest BCUT2D eigenvalue weighted by molar-refractivity contribution is 6.07. The summed E-state index contributed by atoms with van der Waals surface area (Å²) in [4.78, 5) is 44.0. The summed E-state index contributed by atoms with van der Waals surface area (Å²) in [5.74, 6) is -0.0636. The van der Waals surface area contributed by atoms with Gasteiger partial charge in [-0.2, -0.15) is 5.26 Å². The molecule has 3 amide bonds. The lowest BCUT2D eigenvalue weighted by atomic mass is 9.88. The molecule has 2 aromatic rings. The number of carbonyl (C=O) groups excluding carboxylic acids is 3. The summed E-state index contributed by atoms with van der Waals surface area (Å²) in [5.41, 5.74) is 8.79. The molecular weight excluding hydrogens is 528 g/mol. The van der Waals surface area contributed by atoms with Crippen LogP contribution in [0.3, 0.4) is 0 Å². The van der Waals surface area contributed by atoms with Gasteiger partial charge in [0.25, 0.3) is 11.8 Å². The van der Waals surface area contributed by atoms with E-state index in [0.717, 1.165) is 76.6 Å². The number of benzene rings is 2. The summed E-state index contributed by atoms with van der Waals surface area (Å²) < 4.78 is 0. The molecule has 0 bridgehead atoms. The van der Waals surface area contributed by atoms with E-state index in [1.807, 2.05) is 17.0 Å². The van der Waals surface area contributed by atoms with Crippen LogP contribution in [0.5, 0.6) is 0 Å². The number of amides is 3. The lowest BCUT2D eigenvalue weighted by molar-refractivity contribution is -0.136. The Balaban J connectivity index is 1.34. The largest absolute Gasteiger partial charge is 0.368 e. The molecule has 3 fully saturated rings. The number of nitrogens with two attached hydrogens (primary N) is 1. The fourth-order valence-electron chi connectivity index (χ4n) is 6.46. The molecule has 0 unspecified atom stereocenters. The first kappa shape index (κ1) is 29.6. The van der Waals surface area contributed by atoms with Crippen LogP contribution in [0.15, 0.2) is 42.5 Å². The lowest BCUT2D eigenvalue weighted by Gasteiger charge is -2.29. The molecule has 9 heteroatoms. The monoisotopic (exact) mass is 570 g/mol. The van der Waals surface area contributed by atoms with Crippen LogP contribution >= 0.6 is 0 Å². The Morgan fingerprint density at radius 1 is 0.786 bits per heavy atom. The van der Waals surface area contributed by atoms with Crippen molar-refractivity contribution < 1.29 is 14.4 Å². The first-order valence-electron chi connectivity index (χ1n) is 15.5. The zero-order valence-electron chi connectivity index (χ0n) is 24.3. The molecule has 1 saturated heterocycles. The van der Waals surface area contributed by atoms with E-state index in [0.29, 0.717) is 35.5 Å². The van der Waals surface area contributed by atoms with Gasteiger partial charge in [0.05, 0.1) is 23.0 Å². The molecule has 2 aromatic carbocycles. The predicted molar refractivity (Wildman–Crippen MR) is 163 cm³/mol. The average Bonchev–Trinajstić information content (AvgIpc) is 3.28. The molecular formula is C33H42N6O3. The number of nitrogens with one attached hydrogen (secondary N) is 2. The smallest absolute Gasteiger partial charge is 0.255 e. The average molecular weight is 571 g/mol. The second kappa shape index (κ2) is 13.8. The molecule has 0 radical (unpaired) electrons. The van der Waals surface area contributed by atoms with E-state index in [1.54, 1.807) is 30.3 Å². The van der Waals surface area contributed by atoms with Gasteiger partial charge in [-0.25, -0.2) is 0 Å². The maximum Gasteiger partial charge on any atom is 0.255 e. The molecule has 4 N–H and O–H groups in total. The van der Waals surface area contributed by atoms with Crippen molar-refractivity contribution in [2.75, 3.05) is 36.4 Å². The third-order valence-electron chi connectivity index (χ3n) is 8.99. The van der Waals surface area contributed by atoms with Gasteiger partial charge in [0.15, 0.2) is 0 Å². The van der Waals surface area contributed by atoms with Crippen molar-refractivity contribution in [3.8, 4) is 6.07 Å². The van der Waals surface area contributed by atoms with E-state index in [9.17, 15) is 14.4 Å². The summed E-state index contributed by atoms with van der Waals surface area (Å²) in [5, 5.41) is 15.3. The fraction of sp³-hybridized carbons (Fsp3) is 0.515. The van der Waals surface area contributed by atoms with Gasteiger partial charge < -0.3 is 26.2 Å². The molecule has 1 aliphatic heterocycles. The molecule has 0 atom stereocenters. The molecule has 222 valence electrons. The van der Waals surface area contributed by atoms with Crippen LogP contribution in [0.2, 0.25) is 0 Å². The van der Waals surface area contributed by atoms with Gasteiger partial charge in [-0.3, -0.25) is 14.4 Å². The number of rotatable bonds is 6. The Bertz CT molecular complexity index is 1310. The van der Waals surface area contributed by atoms with Gasteiger partial charge in [-0.15, -0.1) is 0 Å². The number of nitriles is 1. The van der Waals surface area contributed by atoms with Gasteiger partial charge >= 0.3 is 0 Å². The van der Waals surface area contributed by atoms with E-state index in [2.05, 4.69) is 21.6 Å². The summed E-state index contributed by atoms with van der Waals surface area (Å²) in [6, 6.07) is 14.3. The molecule has 1 heterocycles. The zero-order chi connectivity index (χ0) is 29.5. The molecule has 2 aliphatic carbocycles. The number of hydrogen-bond donors (Lipinski definition) is 3. The molecule has 2 saturated carbocycles. The number of carbonyl (C=O) groups is 3. The standard InChI is InChI=1S/C33H42N6O3/c34-22-23-7-9-24(10-8-23)31(40)37-29-21-26(32(41)36-28-14-12-27(35)13-15-28)11-16-30(29)38-17-4-18-39(20-19-38)33(42)25-5-2-1-3-6-25/h7-11,16,21,25,27-28H,1-6,12-15,17-20,35H2,(H,36,41)(H,37,40). The van der Waals surface area contributed by atoms with E-state index in [-0.39, 0.29) is 35.7 Å². The van der Waals surface area contributed by atoms with E-state index >= 15 is 0 Å². The Morgan fingerprint density at radius 3 is 2.21 bits per heavy atom. The van der Waals surface area contributed by atoms with E-state index < -0.39 is 0 Å². The van der Waals surface area contributed by atoms with Crippen molar-refractivity contribution in [1.29, 1.82) is 5.26 Å². The highest BCUT2D eigenvalue weighted by atomic mass is 16.2. The molecule has 42 heavy (non-hydrogen) atoms. The number of anilines is 2. The van der Waals surface area contributed by atoms with Crippen LogP contribution < -0.4 is 21.3 Å². The molecule has 0 spiro atoms. The first-order valence-corrected chi connectivity index (χ1v) is 15.5. The molecule has 3 aliphatic rings. The van der Waals surface area contributed by atoms with Crippen LogP contribution in [0.1, 0.15) is 90.5 Å². The van der Waals surface area contributed by atoms with Gasteiger partial charge in [0, 0.05) is 55.3 Å². The normalized spacial score (nSPS) is 21.6. The second-order valence-electron chi connectivity index (χ2n) is 12.0. The first-order chi connectivity index (χ1) is 20.4. The van der Waals surface area contributed by atoms with Gasteiger partial charge in [-0.1, -0.05) is 19.3 Å². The lowest BCUT2D eigenvalue weighted by Crippen LogP contribution is -2.40. The van der Waals surface area contributed by atoms with Crippen LogP contribution in [-0.2, 0) is 4.79 Å². The summed E-state index contributed by atoms with van der Waals surface area (Å²) >= 11 is 0. The van der Waals surface area contributed by atoms with Gasteiger partial charge in [0.2, 0.25) is 5.91 Å². The van der Waals surface area contributed by atoms with Crippen LogP contribution in [0.25, 0.3) is 0 Å². The van der Waals surface area contributed by atoms with Gasteiger partial charge in [0.1, 0.15) is 0 Å². The molecule has 0 aromatic heterocycles. The van der Waals surface area contributed by atoms with E-state index in [1.165, 1.54) is 6.42 Å². The molecule has 5 rings (SSSR count).